The highest BCUT2D eigenvalue weighted by molar-refractivity contribution is 6.39. The summed E-state index contributed by atoms with van der Waals surface area (Å²) in [6.07, 6.45) is -3.40. The summed E-state index contributed by atoms with van der Waals surface area (Å²) in [5.41, 5.74) is -1.48. The molecule has 0 N–H and O–H groups in total. The summed E-state index contributed by atoms with van der Waals surface area (Å²) in [4.78, 5) is 4.93. The lowest BCUT2D eigenvalue weighted by Gasteiger charge is -2.40. The van der Waals surface area contributed by atoms with E-state index in [1.165, 1.54) is 0 Å². The van der Waals surface area contributed by atoms with Gasteiger partial charge in [-0.2, -0.15) is 13.2 Å². The smallest absolute Gasteiger partial charge is 0.342 e. The molecule has 0 bridgehead atoms. The van der Waals surface area contributed by atoms with Crippen LogP contribution >= 0.6 is 11.6 Å². The number of allylic oxidation sites excluding steroid dienone is 2. The molecule has 0 aromatic heterocycles. The van der Waals surface area contributed by atoms with E-state index in [9.17, 15) is 13.2 Å². The zero-order chi connectivity index (χ0) is 11.9. The molecule has 2 nitrogen and oxygen atoms in total. The van der Waals surface area contributed by atoms with Crippen LogP contribution in [0.5, 0.6) is 0 Å². The van der Waals surface area contributed by atoms with Crippen LogP contribution in [0.15, 0.2) is 15.7 Å². The van der Waals surface area contributed by atoms with Crippen molar-refractivity contribution < 1.29 is 13.2 Å². The van der Waals surface area contributed by atoms with Crippen molar-refractivity contribution in [2.75, 3.05) is 6.67 Å². The van der Waals surface area contributed by atoms with Gasteiger partial charge in [0.2, 0.25) is 0 Å². The van der Waals surface area contributed by atoms with Crippen LogP contribution in [0.25, 0.3) is 0 Å². The van der Waals surface area contributed by atoms with E-state index in [-0.39, 0.29) is 11.7 Å². The Morgan fingerprint density at radius 3 is 2.20 bits per heavy atom. The van der Waals surface area contributed by atoms with Gasteiger partial charge < -0.3 is 4.90 Å². The van der Waals surface area contributed by atoms with Crippen molar-refractivity contribution in [2.45, 2.75) is 32.5 Å². The van der Waals surface area contributed by atoms with Gasteiger partial charge in [0, 0.05) is 11.8 Å². The van der Waals surface area contributed by atoms with E-state index in [4.69, 9.17) is 11.6 Å². The lowest BCUT2D eigenvalue weighted by atomic mass is 10.0. The van der Waals surface area contributed by atoms with Gasteiger partial charge in [0.25, 0.3) is 0 Å². The molecule has 6 heteroatoms. The average Bonchev–Trinajstić information content (AvgIpc) is 1.99. The Hall–Kier alpha value is -0.710. The van der Waals surface area contributed by atoms with Crippen LogP contribution in [0.4, 0.5) is 13.2 Å². The molecule has 86 valence electrons. The van der Waals surface area contributed by atoms with Crippen LogP contribution in [0.1, 0.15) is 20.8 Å². The number of alkyl halides is 3. The standard InChI is InChI=1S/C9H12ClF3N2/c1-8(2,3)15-5-14-4-6(10)7(15)9(11,12)13/h4H,5H2,1-3H3. The van der Waals surface area contributed by atoms with Gasteiger partial charge in [-0.15, -0.1) is 0 Å². The molecule has 0 saturated heterocycles. The minimum absolute atomic E-state index is 0.0193. The summed E-state index contributed by atoms with van der Waals surface area (Å²) in [5, 5.41) is -0.358. The molecule has 0 aromatic rings. The van der Waals surface area contributed by atoms with Gasteiger partial charge in [-0.05, 0) is 20.8 Å². The zero-order valence-electron chi connectivity index (χ0n) is 8.69. The van der Waals surface area contributed by atoms with E-state index in [1.54, 1.807) is 20.8 Å². The maximum Gasteiger partial charge on any atom is 0.432 e. The second-order valence-electron chi connectivity index (χ2n) is 4.25. The SMILES string of the molecule is CC(C)(C)N1CN=CC(Cl)=C1C(F)(F)F. The van der Waals surface area contributed by atoms with E-state index in [1.807, 2.05) is 0 Å². The quantitative estimate of drug-likeness (QED) is 0.635. The molecule has 15 heavy (non-hydrogen) atoms. The lowest BCUT2D eigenvalue weighted by molar-refractivity contribution is -0.119. The lowest BCUT2D eigenvalue weighted by Crippen LogP contribution is -2.46. The number of aliphatic imine (C=N–C) groups is 1. The second-order valence-corrected chi connectivity index (χ2v) is 4.65. The fourth-order valence-electron chi connectivity index (χ4n) is 1.30. The predicted octanol–water partition coefficient (Wildman–Crippen LogP) is 3.14. The number of nitrogens with zero attached hydrogens (tertiary/aromatic N) is 2. The van der Waals surface area contributed by atoms with Crippen LogP contribution in [0.3, 0.4) is 0 Å². The molecule has 0 saturated carbocycles. The Labute approximate surface area is 91.4 Å². The van der Waals surface area contributed by atoms with Gasteiger partial charge in [-0.1, -0.05) is 11.6 Å². The van der Waals surface area contributed by atoms with Gasteiger partial charge in [0.15, 0.2) is 0 Å². The first-order chi connectivity index (χ1) is 6.64. The predicted molar refractivity (Wildman–Crippen MR) is 53.9 cm³/mol. The molecule has 0 aromatic carbocycles. The van der Waals surface area contributed by atoms with E-state index >= 15 is 0 Å². The summed E-state index contributed by atoms with van der Waals surface area (Å²) in [7, 11) is 0. The largest absolute Gasteiger partial charge is 0.432 e. The molecule has 0 spiro atoms. The molecule has 0 fully saturated rings. The Morgan fingerprint density at radius 2 is 1.87 bits per heavy atom. The van der Waals surface area contributed by atoms with Crippen LogP contribution in [-0.4, -0.2) is 29.5 Å². The zero-order valence-corrected chi connectivity index (χ0v) is 9.45. The fraction of sp³-hybridized carbons (Fsp3) is 0.667. The van der Waals surface area contributed by atoms with Crippen molar-refractivity contribution >= 4 is 17.8 Å². The molecule has 0 unspecified atom stereocenters. The van der Waals surface area contributed by atoms with Crippen LogP contribution in [0, 0.1) is 0 Å². The number of rotatable bonds is 0. The second kappa shape index (κ2) is 3.70. The third-order valence-corrected chi connectivity index (χ3v) is 2.28. The Morgan fingerprint density at radius 1 is 1.33 bits per heavy atom. The van der Waals surface area contributed by atoms with Crippen molar-refractivity contribution in [1.29, 1.82) is 0 Å². The fourth-order valence-corrected chi connectivity index (χ4v) is 1.58. The Bertz CT molecular complexity index is 312. The first kappa shape index (κ1) is 12.4. The highest BCUT2D eigenvalue weighted by Gasteiger charge is 2.44. The first-order valence-corrected chi connectivity index (χ1v) is 4.76. The van der Waals surface area contributed by atoms with Crippen molar-refractivity contribution in [1.82, 2.24) is 4.90 Å². The molecule has 1 heterocycles. The highest BCUT2D eigenvalue weighted by atomic mass is 35.5. The van der Waals surface area contributed by atoms with Crippen LogP contribution in [0.2, 0.25) is 0 Å². The maximum atomic E-state index is 12.7. The topological polar surface area (TPSA) is 15.6 Å². The number of hydrogen-bond donors (Lipinski definition) is 0. The van der Waals surface area contributed by atoms with Gasteiger partial charge in [-0.3, -0.25) is 4.99 Å². The summed E-state index contributed by atoms with van der Waals surface area (Å²) in [6, 6.07) is 0. The summed E-state index contributed by atoms with van der Waals surface area (Å²) >= 11 is 5.54. The third-order valence-electron chi connectivity index (χ3n) is 2.00. The molecule has 1 aliphatic heterocycles. The highest BCUT2D eigenvalue weighted by Crippen LogP contribution is 2.37. The van der Waals surface area contributed by atoms with Crippen LogP contribution in [-0.2, 0) is 0 Å². The summed E-state index contributed by atoms with van der Waals surface area (Å²) < 4.78 is 38.2. The van der Waals surface area contributed by atoms with E-state index in [0.717, 1.165) is 11.1 Å². The minimum atomic E-state index is -4.45. The van der Waals surface area contributed by atoms with Gasteiger partial charge in [0.05, 0.1) is 5.03 Å². The molecular formula is C9H12ClF3N2. The van der Waals surface area contributed by atoms with Crippen molar-refractivity contribution in [3.8, 4) is 0 Å². The summed E-state index contributed by atoms with van der Waals surface area (Å²) in [5.74, 6) is 0. The minimum Gasteiger partial charge on any atom is -0.342 e. The molecule has 0 aliphatic carbocycles. The first-order valence-electron chi connectivity index (χ1n) is 4.38. The number of hydrogen-bond acceptors (Lipinski definition) is 2. The molecule has 0 atom stereocenters. The third kappa shape index (κ3) is 2.65. The Kier molecular flexibility index (Phi) is 3.05. The van der Waals surface area contributed by atoms with E-state index < -0.39 is 17.4 Å². The molecule has 1 aliphatic rings. The van der Waals surface area contributed by atoms with Crippen molar-refractivity contribution in [3.63, 3.8) is 0 Å². The van der Waals surface area contributed by atoms with Gasteiger partial charge in [-0.25, -0.2) is 0 Å². The average molecular weight is 241 g/mol. The Balaban J connectivity index is 3.18. The van der Waals surface area contributed by atoms with Crippen molar-refractivity contribution in [3.05, 3.63) is 10.7 Å². The summed E-state index contributed by atoms with van der Waals surface area (Å²) in [6.45, 7) is 5.03. The molecular weight excluding hydrogens is 229 g/mol. The number of halogens is 4. The molecule has 1 rings (SSSR count). The normalized spacial score (nSPS) is 18.7. The van der Waals surface area contributed by atoms with Gasteiger partial charge in [0.1, 0.15) is 12.4 Å². The van der Waals surface area contributed by atoms with Gasteiger partial charge >= 0.3 is 6.18 Å². The monoisotopic (exact) mass is 240 g/mol. The van der Waals surface area contributed by atoms with E-state index in [2.05, 4.69) is 4.99 Å². The van der Waals surface area contributed by atoms with E-state index in [0.29, 0.717) is 0 Å². The molecule has 0 radical (unpaired) electrons. The maximum absolute atomic E-state index is 12.7. The van der Waals surface area contributed by atoms with Crippen molar-refractivity contribution in [2.24, 2.45) is 4.99 Å². The van der Waals surface area contributed by atoms with Crippen LogP contribution < -0.4 is 0 Å². The molecule has 0 amide bonds.